The van der Waals surface area contributed by atoms with Crippen molar-refractivity contribution in [1.82, 2.24) is 20.1 Å². The molecule has 0 saturated heterocycles. The van der Waals surface area contributed by atoms with Crippen LogP contribution in [0.2, 0.25) is 5.02 Å². The van der Waals surface area contributed by atoms with Gasteiger partial charge in [-0.05, 0) is 43.7 Å². The van der Waals surface area contributed by atoms with Crippen molar-refractivity contribution < 1.29 is 14.3 Å². The number of benzene rings is 2. The molecule has 1 aromatic heterocycles. The maximum absolute atomic E-state index is 12.8. The van der Waals surface area contributed by atoms with Gasteiger partial charge in [-0.1, -0.05) is 41.4 Å². The predicted octanol–water partition coefficient (Wildman–Crippen LogP) is 3.57. The summed E-state index contributed by atoms with van der Waals surface area (Å²) in [4.78, 5) is 28.9. The quantitative estimate of drug-likeness (QED) is 0.625. The fourth-order valence-electron chi connectivity index (χ4n) is 2.84. The van der Waals surface area contributed by atoms with E-state index in [1.165, 1.54) is 7.11 Å². The second kappa shape index (κ2) is 8.87. The smallest absolute Gasteiger partial charge is 0.307 e. The normalized spacial score (nSPS) is 11.7. The maximum atomic E-state index is 12.8. The topological polar surface area (TPSA) is 86.1 Å². The summed E-state index contributed by atoms with van der Waals surface area (Å²) in [6.45, 7) is 3.72. The van der Waals surface area contributed by atoms with Crippen molar-refractivity contribution in [2.24, 2.45) is 0 Å². The highest BCUT2D eigenvalue weighted by atomic mass is 35.5. The molecule has 3 aromatic rings. The van der Waals surface area contributed by atoms with E-state index in [0.717, 1.165) is 16.8 Å². The molecule has 3 rings (SSSR count). The Balaban J connectivity index is 1.84. The molecule has 0 radical (unpaired) electrons. The van der Waals surface area contributed by atoms with Gasteiger partial charge in [0.15, 0.2) is 0 Å². The molecule has 1 atom stereocenters. The van der Waals surface area contributed by atoms with E-state index in [-0.39, 0.29) is 12.2 Å². The van der Waals surface area contributed by atoms with E-state index in [1.807, 2.05) is 31.2 Å². The second-order valence-corrected chi connectivity index (χ2v) is 7.02. The van der Waals surface area contributed by atoms with Crippen LogP contribution in [-0.4, -0.2) is 33.8 Å². The van der Waals surface area contributed by atoms with Gasteiger partial charge in [-0.25, -0.2) is 9.67 Å². The van der Waals surface area contributed by atoms with Crippen molar-refractivity contribution in [3.63, 3.8) is 0 Å². The molecule has 0 spiro atoms. The molecule has 2 aromatic carbocycles. The minimum Gasteiger partial charge on any atom is -0.469 e. The molecule has 1 N–H and O–H groups in total. The van der Waals surface area contributed by atoms with Crippen LogP contribution in [0.4, 0.5) is 0 Å². The number of methoxy groups -OCH3 is 1. The van der Waals surface area contributed by atoms with Crippen LogP contribution in [-0.2, 0) is 9.53 Å². The molecule has 0 saturated carbocycles. The number of rotatable bonds is 6. The Bertz CT molecular complexity index is 1010. The second-order valence-electron chi connectivity index (χ2n) is 6.59. The zero-order valence-corrected chi connectivity index (χ0v) is 17.1. The van der Waals surface area contributed by atoms with Crippen LogP contribution in [0.15, 0.2) is 48.5 Å². The molecule has 7 nitrogen and oxygen atoms in total. The van der Waals surface area contributed by atoms with Crippen LogP contribution in [0.3, 0.4) is 0 Å². The summed E-state index contributed by atoms with van der Waals surface area (Å²) in [7, 11) is 1.31. The highest BCUT2D eigenvalue weighted by Crippen LogP contribution is 2.19. The number of aromatic nitrogens is 3. The zero-order chi connectivity index (χ0) is 21.0. The van der Waals surface area contributed by atoms with Gasteiger partial charge in [0.2, 0.25) is 5.82 Å². The lowest BCUT2D eigenvalue weighted by molar-refractivity contribution is -0.141. The number of nitrogens with zero attached hydrogens (tertiary/aromatic N) is 3. The molecule has 0 bridgehead atoms. The van der Waals surface area contributed by atoms with Crippen LogP contribution >= 0.6 is 11.6 Å². The molecule has 1 amide bonds. The van der Waals surface area contributed by atoms with Crippen molar-refractivity contribution in [1.29, 1.82) is 0 Å². The first-order chi connectivity index (χ1) is 13.9. The summed E-state index contributed by atoms with van der Waals surface area (Å²) >= 11 is 5.93. The molecule has 0 aliphatic rings. The molecule has 1 heterocycles. The number of aryl methyl sites for hydroxylation is 2. The molecule has 0 unspecified atom stereocenters. The largest absolute Gasteiger partial charge is 0.469 e. The van der Waals surface area contributed by atoms with Crippen molar-refractivity contribution in [2.75, 3.05) is 7.11 Å². The molecule has 0 aliphatic carbocycles. The van der Waals surface area contributed by atoms with Crippen LogP contribution in [0, 0.1) is 13.8 Å². The first kappa shape index (κ1) is 20.5. The molecule has 0 aliphatic heterocycles. The summed E-state index contributed by atoms with van der Waals surface area (Å²) in [5.41, 5.74) is 2.61. The Kier molecular flexibility index (Phi) is 6.29. The summed E-state index contributed by atoms with van der Waals surface area (Å²) < 4.78 is 6.33. The lowest BCUT2D eigenvalue weighted by Gasteiger charge is -2.17. The SMILES string of the molecule is COC(=O)C[C@H](NC(=O)c1nc(C)n(-c2ccc(Cl)cc2)n1)c1ccc(C)cc1. The van der Waals surface area contributed by atoms with E-state index >= 15 is 0 Å². The first-order valence-electron chi connectivity index (χ1n) is 9.01. The van der Waals surface area contributed by atoms with E-state index in [2.05, 4.69) is 15.4 Å². The van der Waals surface area contributed by atoms with E-state index in [4.69, 9.17) is 16.3 Å². The van der Waals surface area contributed by atoms with Crippen molar-refractivity contribution in [3.8, 4) is 5.69 Å². The highest BCUT2D eigenvalue weighted by Gasteiger charge is 2.22. The summed E-state index contributed by atoms with van der Waals surface area (Å²) in [5, 5.41) is 7.75. The first-order valence-corrected chi connectivity index (χ1v) is 9.39. The van der Waals surface area contributed by atoms with Crippen LogP contribution in [0.1, 0.15) is 40.0 Å². The van der Waals surface area contributed by atoms with E-state index in [0.29, 0.717) is 10.8 Å². The number of carbonyl (C=O) groups is 2. The minimum absolute atomic E-state index is 0.00216. The zero-order valence-electron chi connectivity index (χ0n) is 16.3. The summed E-state index contributed by atoms with van der Waals surface area (Å²) in [5.74, 6) is -0.334. The Hall–Kier alpha value is -3.19. The Morgan fingerprint density at radius 2 is 1.76 bits per heavy atom. The lowest BCUT2D eigenvalue weighted by atomic mass is 10.0. The molecular weight excluding hydrogens is 392 g/mol. The van der Waals surface area contributed by atoms with Gasteiger partial charge in [0, 0.05) is 5.02 Å². The lowest BCUT2D eigenvalue weighted by Crippen LogP contribution is -2.31. The number of amides is 1. The van der Waals surface area contributed by atoms with Gasteiger partial charge < -0.3 is 10.1 Å². The highest BCUT2D eigenvalue weighted by molar-refractivity contribution is 6.30. The van der Waals surface area contributed by atoms with Gasteiger partial charge in [0.1, 0.15) is 5.82 Å². The average molecular weight is 413 g/mol. The number of halogens is 1. The minimum atomic E-state index is -0.557. The van der Waals surface area contributed by atoms with Gasteiger partial charge in [-0.2, -0.15) is 0 Å². The molecular formula is C21H21ClN4O3. The number of esters is 1. The number of hydrogen-bond donors (Lipinski definition) is 1. The molecule has 0 fully saturated rings. The summed E-state index contributed by atoms with van der Waals surface area (Å²) in [6, 6.07) is 14.1. The molecule has 150 valence electrons. The van der Waals surface area contributed by atoms with Crippen LogP contribution < -0.4 is 5.32 Å². The third kappa shape index (κ3) is 5.00. The monoisotopic (exact) mass is 412 g/mol. The standard InChI is InChI=1S/C21H21ClN4O3/c1-13-4-6-15(7-5-13)18(12-19(27)29-3)24-21(28)20-23-14(2)26(25-20)17-10-8-16(22)9-11-17/h4-11,18H,12H2,1-3H3,(H,24,28)/t18-/m0/s1. The average Bonchev–Trinajstić information content (AvgIpc) is 3.10. The molecule has 29 heavy (non-hydrogen) atoms. The third-order valence-corrected chi connectivity index (χ3v) is 4.68. The van der Waals surface area contributed by atoms with Crippen LogP contribution in [0.25, 0.3) is 5.69 Å². The number of ether oxygens (including phenoxy) is 1. The van der Waals surface area contributed by atoms with Gasteiger partial charge in [0.25, 0.3) is 5.91 Å². The van der Waals surface area contributed by atoms with Gasteiger partial charge in [-0.15, -0.1) is 5.10 Å². The van der Waals surface area contributed by atoms with E-state index < -0.39 is 17.9 Å². The number of carbonyl (C=O) groups excluding carboxylic acids is 2. The van der Waals surface area contributed by atoms with E-state index in [1.54, 1.807) is 35.9 Å². The van der Waals surface area contributed by atoms with Gasteiger partial charge in [-0.3, -0.25) is 9.59 Å². The Morgan fingerprint density at radius 3 is 2.38 bits per heavy atom. The van der Waals surface area contributed by atoms with Crippen LogP contribution in [0.5, 0.6) is 0 Å². The Morgan fingerprint density at radius 1 is 1.10 bits per heavy atom. The molecule has 8 heteroatoms. The van der Waals surface area contributed by atoms with E-state index in [9.17, 15) is 9.59 Å². The van der Waals surface area contributed by atoms with Crippen molar-refractivity contribution >= 4 is 23.5 Å². The number of nitrogens with one attached hydrogen (secondary N) is 1. The summed E-state index contributed by atoms with van der Waals surface area (Å²) in [6.07, 6.45) is 0.00216. The van der Waals surface area contributed by atoms with Gasteiger partial charge in [0.05, 0.1) is 25.3 Å². The fraction of sp³-hybridized carbons (Fsp3) is 0.238. The van der Waals surface area contributed by atoms with Crippen molar-refractivity contribution in [3.05, 3.63) is 76.3 Å². The number of hydrogen-bond acceptors (Lipinski definition) is 5. The van der Waals surface area contributed by atoms with Crippen molar-refractivity contribution in [2.45, 2.75) is 26.3 Å². The Labute approximate surface area is 173 Å². The fourth-order valence-corrected chi connectivity index (χ4v) is 2.96. The maximum Gasteiger partial charge on any atom is 0.307 e. The predicted molar refractivity (Wildman–Crippen MR) is 109 cm³/mol. The third-order valence-electron chi connectivity index (χ3n) is 4.43. The van der Waals surface area contributed by atoms with Gasteiger partial charge >= 0.3 is 5.97 Å².